The molecular weight excluding hydrogens is 276 g/mol. The minimum atomic E-state index is -0.546. The summed E-state index contributed by atoms with van der Waals surface area (Å²) in [5.41, 5.74) is 1.05. The molecule has 0 fully saturated rings. The summed E-state index contributed by atoms with van der Waals surface area (Å²) in [6, 6.07) is 3.39. The highest BCUT2D eigenvalue weighted by Crippen LogP contribution is 2.39. The van der Waals surface area contributed by atoms with E-state index in [1.807, 2.05) is 0 Å². The van der Waals surface area contributed by atoms with Crippen molar-refractivity contribution in [3.8, 4) is 22.9 Å². The Morgan fingerprint density at radius 3 is 2.19 bits per heavy atom. The Morgan fingerprint density at radius 1 is 1.05 bits per heavy atom. The lowest BCUT2D eigenvalue weighted by Crippen LogP contribution is -2.09. The number of rotatable bonds is 3. The number of hydrogen-bond donors (Lipinski definition) is 0. The van der Waals surface area contributed by atoms with Crippen LogP contribution in [0.5, 0.6) is 11.5 Å². The third kappa shape index (κ3) is 3.25. The molecule has 110 valence electrons. The van der Waals surface area contributed by atoms with Crippen LogP contribution < -0.4 is 9.47 Å². The number of ether oxygens (including phenoxy) is 2. The van der Waals surface area contributed by atoms with Crippen molar-refractivity contribution in [1.82, 2.24) is 10.1 Å². The summed E-state index contributed by atoms with van der Waals surface area (Å²) < 4.78 is 15.2. The molecule has 0 spiro atoms. The third-order valence-electron chi connectivity index (χ3n) is 2.57. The summed E-state index contributed by atoms with van der Waals surface area (Å²) >= 11 is 0. The second kappa shape index (κ2) is 5.74. The van der Waals surface area contributed by atoms with E-state index < -0.39 is 11.9 Å². The van der Waals surface area contributed by atoms with Gasteiger partial charge in [0.1, 0.15) is 0 Å². The first kappa shape index (κ1) is 14.7. The lowest BCUT2D eigenvalue weighted by Gasteiger charge is -2.13. The molecule has 2 rings (SSSR count). The zero-order valence-electron chi connectivity index (χ0n) is 12.1. The van der Waals surface area contributed by atoms with Crippen molar-refractivity contribution < 1.29 is 23.6 Å². The van der Waals surface area contributed by atoms with Crippen molar-refractivity contribution in [3.63, 3.8) is 0 Å². The van der Waals surface area contributed by atoms with Gasteiger partial charge in [0.15, 0.2) is 11.5 Å². The highest BCUT2D eigenvalue weighted by Gasteiger charge is 2.21. The Kier molecular flexibility index (Phi) is 4.02. The van der Waals surface area contributed by atoms with E-state index in [-0.39, 0.29) is 17.3 Å². The molecule has 0 N–H and O–H groups in total. The van der Waals surface area contributed by atoms with Gasteiger partial charge in [-0.05, 0) is 18.6 Å². The Balaban J connectivity index is 2.63. The standard InChI is InChI=1S/C14H14N2O5/c1-7-5-6-11(14-15-8(2)21-16-14)13(20-10(4)18)12(7)19-9(3)17/h5-6H,1-4H3. The van der Waals surface area contributed by atoms with Crippen molar-refractivity contribution >= 4 is 11.9 Å². The Morgan fingerprint density at radius 2 is 1.67 bits per heavy atom. The van der Waals surface area contributed by atoms with Gasteiger partial charge >= 0.3 is 11.9 Å². The van der Waals surface area contributed by atoms with Crippen molar-refractivity contribution in [2.45, 2.75) is 27.7 Å². The average molecular weight is 290 g/mol. The summed E-state index contributed by atoms with van der Waals surface area (Å²) in [7, 11) is 0. The van der Waals surface area contributed by atoms with Gasteiger partial charge in [-0.2, -0.15) is 4.98 Å². The maximum atomic E-state index is 11.3. The smallest absolute Gasteiger partial charge is 0.308 e. The number of hydrogen-bond acceptors (Lipinski definition) is 7. The fraction of sp³-hybridized carbons (Fsp3) is 0.286. The molecular formula is C14H14N2O5. The summed E-state index contributed by atoms with van der Waals surface area (Å²) in [4.78, 5) is 26.7. The van der Waals surface area contributed by atoms with Crippen LogP contribution in [0.25, 0.3) is 11.4 Å². The van der Waals surface area contributed by atoms with E-state index in [0.717, 1.165) is 0 Å². The van der Waals surface area contributed by atoms with Crippen LogP contribution in [0.4, 0.5) is 0 Å². The van der Waals surface area contributed by atoms with E-state index in [1.165, 1.54) is 13.8 Å². The van der Waals surface area contributed by atoms with Crippen LogP contribution in [-0.4, -0.2) is 22.1 Å². The SMILES string of the molecule is CC(=O)Oc1c(C)ccc(-c2noc(C)n2)c1OC(C)=O. The number of benzene rings is 1. The maximum absolute atomic E-state index is 11.3. The third-order valence-corrected chi connectivity index (χ3v) is 2.57. The summed E-state index contributed by atoms with van der Waals surface area (Å²) in [6.07, 6.45) is 0. The van der Waals surface area contributed by atoms with Crippen molar-refractivity contribution in [1.29, 1.82) is 0 Å². The fourth-order valence-corrected chi connectivity index (χ4v) is 1.76. The molecule has 1 aromatic carbocycles. The van der Waals surface area contributed by atoms with Crippen molar-refractivity contribution in [2.75, 3.05) is 0 Å². The van der Waals surface area contributed by atoms with Gasteiger partial charge in [0.2, 0.25) is 11.7 Å². The van der Waals surface area contributed by atoms with E-state index in [1.54, 1.807) is 26.0 Å². The molecule has 1 heterocycles. The van der Waals surface area contributed by atoms with Gasteiger partial charge in [0.25, 0.3) is 0 Å². The lowest BCUT2D eigenvalue weighted by molar-refractivity contribution is -0.134. The molecule has 0 radical (unpaired) electrons. The van der Waals surface area contributed by atoms with Crippen LogP contribution in [0.1, 0.15) is 25.3 Å². The van der Waals surface area contributed by atoms with Gasteiger partial charge < -0.3 is 14.0 Å². The van der Waals surface area contributed by atoms with Crippen LogP contribution in [-0.2, 0) is 9.59 Å². The van der Waals surface area contributed by atoms with E-state index >= 15 is 0 Å². The summed E-state index contributed by atoms with van der Waals surface area (Å²) in [5.74, 6) is -0.190. The minimum Gasteiger partial charge on any atom is -0.422 e. The molecule has 0 unspecified atom stereocenters. The monoisotopic (exact) mass is 290 g/mol. The second-order valence-corrected chi connectivity index (χ2v) is 4.41. The Hall–Kier alpha value is -2.70. The summed E-state index contributed by atoms with van der Waals surface area (Å²) in [6.45, 7) is 5.90. The van der Waals surface area contributed by atoms with Crippen molar-refractivity contribution in [2.24, 2.45) is 0 Å². The van der Waals surface area contributed by atoms with Crippen LogP contribution in [0, 0.1) is 13.8 Å². The van der Waals surface area contributed by atoms with E-state index in [4.69, 9.17) is 14.0 Å². The lowest BCUT2D eigenvalue weighted by atomic mass is 10.1. The predicted molar refractivity (Wildman–Crippen MR) is 71.8 cm³/mol. The molecule has 0 aliphatic heterocycles. The largest absolute Gasteiger partial charge is 0.422 e. The molecule has 0 aliphatic rings. The molecule has 0 amide bonds. The molecule has 0 bridgehead atoms. The number of carbonyl (C=O) groups is 2. The quantitative estimate of drug-likeness (QED) is 0.632. The first-order valence-corrected chi connectivity index (χ1v) is 6.19. The van der Waals surface area contributed by atoms with Gasteiger partial charge in [0, 0.05) is 20.8 Å². The normalized spacial score (nSPS) is 10.3. The molecule has 0 saturated carbocycles. The molecule has 7 heteroatoms. The van der Waals surface area contributed by atoms with E-state index in [2.05, 4.69) is 10.1 Å². The van der Waals surface area contributed by atoms with Crippen LogP contribution in [0.2, 0.25) is 0 Å². The highest BCUT2D eigenvalue weighted by molar-refractivity contribution is 5.80. The number of esters is 2. The molecule has 0 aliphatic carbocycles. The highest BCUT2D eigenvalue weighted by atomic mass is 16.6. The van der Waals surface area contributed by atoms with Gasteiger partial charge in [-0.15, -0.1) is 0 Å². The molecule has 2 aromatic rings. The topological polar surface area (TPSA) is 91.5 Å². The first-order chi connectivity index (χ1) is 9.88. The predicted octanol–water partition coefficient (Wildman–Crippen LogP) is 2.20. The number of aryl methyl sites for hydroxylation is 2. The Labute approximate surface area is 120 Å². The molecule has 0 saturated heterocycles. The summed E-state index contributed by atoms with van der Waals surface area (Å²) in [5, 5.41) is 3.79. The van der Waals surface area contributed by atoms with E-state index in [9.17, 15) is 9.59 Å². The number of carbonyl (C=O) groups excluding carboxylic acids is 2. The van der Waals surface area contributed by atoms with Gasteiger partial charge in [-0.3, -0.25) is 9.59 Å². The molecule has 21 heavy (non-hydrogen) atoms. The van der Waals surface area contributed by atoms with Crippen molar-refractivity contribution in [3.05, 3.63) is 23.6 Å². The van der Waals surface area contributed by atoms with Gasteiger partial charge in [0.05, 0.1) is 5.56 Å². The zero-order valence-corrected chi connectivity index (χ0v) is 12.1. The average Bonchev–Trinajstić information content (AvgIpc) is 2.79. The minimum absolute atomic E-state index is 0.0958. The van der Waals surface area contributed by atoms with Gasteiger partial charge in [-0.25, -0.2) is 0 Å². The van der Waals surface area contributed by atoms with Gasteiger partial charge in [-0.1, -0.05) is 11.2 Å². The zero-order chi connectivity index (χ0) is 15.6. The first-order valence-electron chi connectivity index (χ1n) is 6.19. The Bertz CT molecular complexity index is 705. The molecule has 1 aromatic heterocycles. The van der Waals surface area contributed by atoms with E-state index in [0.29, 0.717) is 17.0 Å². The fourth-order valence-electron chi connectivity index (χ4n) is 1.76. The van der Waals surface area contributed by atoms with Crippen LogP contribution in [0.15, 0.2) is 16.7 Å². The van der Waals surface area contributed by atoms with Crippen LogP contribution in [0.3, 0.4) is 0 Å². The van der Waals surface area contributed by atoms with Crippen LogP contribution >= 0.6 is 0 Å². The molecule has 7 nitrogen and oxygen atoms in total. The second-order valence-electron chi connectivity index (χ2n) is 4.41. The number of aromatic nitrogens is 2. The maximum Gasteiger partial charge on any atom is 0.308 e. The molecule has 0 atom stereocenters. The number of nitrogens with zero attached hydrogens (tertiary/aromatic N) is 2.